The van der Waals surface area contributed by atoms with Gasteiger partial charge in [-0.15, -0.1) is 12.4 Å². The second-order valence-corrected chi connectivity index (χ2v) is 8.47. The van der Waals surface area contributed by atoms with Gasteiger partial charge in [0, 0.05) is 25.5 Å². The van der Waals surface area contributed by atoms with Gasteiger partial charge in [0.05, 0.1) is 16.5 Å². The quantitative estimate of drug-likeness (QED) is 0.333. The van der Waals surface area contributed by atoms with Crippen LogP contribution < -0.4 is 9.64 Å². The lowest BCUT2D eigenvalue weighted by Gasteiger charge is -2.20. The predicted molar refractivity (Wildman–Crippen MR) is 132 cm³/mol. The molecule has 0 aliphatic rings. The van der Waals surface area contributed by atoms with Crippen LogP contribution in [0.25, 0.3) is 10.2 Å². The number of aryl methyl sites for hydroxylation is 3. The van der Waals surface area contributed by atoms with E-state index in [0.29, 0.717) is 17.4 Å². The third kappa shape index (κ3) is 5.87. The minimum atomic E-state index is -0.0955. The number of ether oxygens (including phenoxy) is 1. The van der Waals surface area contributed by atoms with Gasteiger partial charge in [-0.1, -0.05) is 36.5 Å². The first-order chi connectivity index (χ1) is 15.1. The molecule has 0 N–H and O–H groups in total. The average molecular weight is 471 g/mol. The fraction of sp³-hybridized carbons (Fsp3) is 0.292. The zero-order chi connectivity index (χ0) is 21.6. The van der Waals surface area contributed by atoms with Crippen molar-refractivity contribution in [2.24, 2.45) is 0 Å². The van der Waals surface area contributed by atoms with Crippen LogP contribution in [0.3, 0.4) is 0 Å². The first-order valence-electron chi connectivity index (χ1n) is 10.5. The molecule has 0 saturated heterocycles. The first-order valence-corrected chi connectivity index (χ1v) is 11.3. The number of benzene rings is 2. The molecule has 1 amide bonds. The van der Waals surface area contributed by atoms with Crippen molar-refractivity contribution in [1.82, 2.24) is 14.5 Å². The summed E-state index contributed by atoms with van der Waals surface area (Å²) in [6, 6.07) is 14.0. The van der Waals surface area contributed by atoms with E-state index < -0.39 is 0 Å². The third-order valence-electron chi connectivity index (χ3n) is 5.09. The number of imidazole rings is 1. The molecule has 2 aromatic carbocycles. The molecular weight excluding hydrogens is 444 g/mol. The van der Waals surface area contributed by atoms with Crippen LogP contribution in [0.5, 0.6) is 5.75 Å². The summed E-state index contributed by atoms with van der Waals surface area (Å²) in [5, 5.41) is 0.715. The molecule has 0 aliphatic heterocycles. The largest absolute Gasteiger partial charge is 0.484 e. The van der Waals surface area contributed by atoms with Crippen LogP contribution in [0.4, 0.5) is 5.13 Å². The summed E-state index contributed by atoms with van der Waals surface area (Å²) < 4.78 is 8.89. The fourth-order valence-electron chi connectivity index (χ4n) is 3.38. The molecule has 32 heavy (non-hydrogen) atoms. The van der Waals surface area contributed by atoms with E-state index in [1.54, 1.807) is 28.8 Å². The van der Waals surface area contributed by atoms with Gasteiger partial charge in [-0.05, 0) is 55.2 Å². The maximum Gasteiger partial charge on any atom is 0.266 e. The number of amides is 1. The molecule has 168 valence electrons. The number of thiazole rings is 1. The smallest absolute Gasteiger partial charge is 0.266 e. The average Bonchev–Trinajstić information content (AvgIpc) is 3.44. The SMILES string of the molecule is CCc1ccc2nc(N(CCCn3ccnc3)C(=O)COc3cccc(C)c3)sc2c1.Cl. The number of nitrogens with zero attached hydrogens (tertiary/aromatic N) is 4. The minimum absolute atomic E-state index is 0. The zero-order valence-electron chi connectivity index (χ0n) is 18.2. The number of fused-ring (bicyclic) bond motifs is 1. The van der Waals surface area contributed by atoms with Gasteiger partial charge in [0.15, 0.2) is 11.7 Å². The lowest BCUT2D eigenvalue weighted by atomic mass is 10.2. The Morgan fingerprint density at radius 2 is 2.09 bits per heavy atom. The van der Waals surface area contributed by atoms with E-state index in [4.69, 9.17) is 9.72 Å². The Morgan fingerprint density at radius 1 is 1.22 bits per heavy atom. The molecule has 0 radical (unpaired) electrons. The number of aromatic nitrogens is 3. The number of hydrogen-bond acceptors (Lipinski definition) is 5. The molecule has 4 rings (SSSR count). The van der Waals surface area contributed by atoms with Crippen LogP contribution in [0.15, 0.2) is 61.2 Å². The Hall–Kier alpha value is -2.90. The normalized spacial score (nSPS) is 10.7. The summed E-state index contributed by atoms with van der Waals surface area (Å²) in [5.41, 5.74) is 3.28. The molecular formula is C24H27ClN4O2S. The van der Waals surface area contributed by atoms with Gasteiger partial charge >= 0.3 is 0 Å². The van der Waals surface area contributed by atoms with Crippen LogP contribution in [-0.4, -0.2) is 33.6 Å². The maximum absolute atomic E-state index is 13.1. The summed E-state index contributed by atoms with van der Waals surface area (Å²) >= 11 is 1.55. The van der Waals surface area contributed by atoms with Gasteiger partial charge in [-0.25, -0.2) is 9.97 Å². The number of rotatable bonds is 9. The van der Waals surface area contributed by atoms with Crippen molar-refractivity contribution in [1.29, 1.82) is 0 Å². The van der Waals surface area contributed by atoms with Crippen LogP contribution in [0.2, 0.25) is 0 Å². The molecule has 2 heterocycles. The van der Waals surface area contributed by atoms with E-state index in [1.807, 2.05) is 48.0 Å². The lowest BCUT2D eigenvalue weighted by molar-refractivity contribution is -0.120. The summed E-state index contributed by atoms with van der Waals surface area (Å²) in [6.45, 7) is 5.47. The molecule has 8 heteroatoms. The lowest BCUT2D eigenvalue weighted by Crippen LogP contribution is -2.36. The summed E-state index contributed by atoms with van der Waals surface area (Å²) in [5.74, 6) is 0.602. The van der Waals surface area contributed by atoms with Crippen molar-refractivity contribution in [3.8, 4) is 5.75 Å². The van der Waals surface area contributed by atoms with Crippen molar-refractivity contribution in [2.75, 3.05) is 18.1 Å². The minimum Gasteiger partial charge on any atom is -0.484 e. The Kier molecular flexibility index (Phi) is 8.25. The van der Waals surface area contributed by atoms with E-state index >= 15 is 0 Å². The van der Waals surface area contributed by atoms with Crippen molar-refractivity contribution in [3.63, 3.8) is 0 Å². The monoisotopic (exact) mass is 470 g/mol. The molecule has 0 aliphatic carbocycles. The maximum atomic E-state index is 13.1. The van der Waals surface area contributed by atoms with Gasteiger partial charge < -0.3 is 9.30 Å². The molecule has 0 spiro atoms. The second-order valence-electron chi connectivity index (χ2n) is 7.46. The summed E-state index contributed by atoms with van der Waals surface area (Å²) in [6.07, 6.45) is 7.25. The van der Waals surface area contributed by atoms with Gasteiger partial charge in [0.2, 0.25) is 0 Å². The van der Waals surface area contributed by atoms with Gasteiger partial charge in [-0.2, -0.15) is 0 Å². The van der Waals surface area contributed by atoms with E-state index in [1.165, 1.54) is 5.56 Å². The number of anilines is 1. The summed E-state index contributed by atoms with van der Waals surface area (Å²) in [4.78, 5) is 23.7. The molecule has 0 atom stereocenters. The van der Waals surface area contributed by atoms with E-state index in [0.717, 1.165) is 35.2 Å². The molecule has 0 fully saturated rings. The van der Waals surface area contributed by atoms with Crippen molar-refractivity contribution < 1.29 is 9.53 Å². The molecule has 2 aromatic heterocycles. The molecule has 0 unspecified atom stereocenters. The topological polar surface area (TPSA) is 60.2 Å². The van der Waals surface area contributed by atoms with E-state index in [-0.39, 0.29) is 24.9 Å². The van der Waals surface area contributed by atoms with Crippen LogP contribution in [0, 0.1) is 6.92 Å². The third-order valence-corrected chi connectivity index (χ3v) is 6.13. The Bertz CT molecular complexity index is 1160. The molecule has 6 nitrogen and oxygen atoms in total. The number of carbonyl (C=O) groups is 1. The van der Waals surface area contributed by atoms with E-state index in [2.05, 4.69) is 24.0 Å². The highest BCUT2D eigenvalue weighted by atomic mass is 35.5. The van der Waals surface area contributed by atoms with Gasteiger partial charge in [0.1, 0.15) is 5.75 Å². The Labute approximate surface area is 198 Å². The second kappa shape index (κ2) is 11.1. The molecule has 0 saturated carbocycles. The van der Waals surface area contributed by atoms with Crippen molar-refractivity contribution >= 4 is 45.0 Å². The number of halogens is 1. The first kappa shape index (κ1) is 23.8. The highest BCUT2D eigenvalue weighted by Crippen LogP contribution is 2.30. The van der Waals surface area contributed by atoms with Crippen LogP contribution >= 0.6 is 23.7 Å². The van der Waals surface area contributed by atoms with Crippen molar-refractivity contribution in [2.45, 2.75) is 33.2 Å². The van der Waals surface area contributed by atoms with Crippen molar-refractivity contribution in [3.05, 3.63) is 72.3 Å². The summed E-state index contributed by atoms with van der Waals surface area (Å²) in [7, 11) is 0. The highest BCUT2D eigenvalue weighted by Gasteiger charge is 2.20. The standard InChI is InChI=1S/C24H26N4O2S.ClH/c1-3-19-8-9-21-22(15-19)31-24(26-21)28(12-5-11-27-13-10-25-17-27)23(29)16-30-20-7-4-6-18(2)14-20;/h4,6-10,13-15,17H,3,5,11-12,16H2,1-2H3;1H. The Morgan fingerprint density at radius 3 is 2.84 bits per heavy atom. The molecule has 4 aromatic rings. The predicted octanol–water partition coefficient (Wildman–Crippen LogP) is 5.29. The Balaban J connectivity index is 0.00000289. The van der Waals surface area contributed by atoms with Crippen LogP contribution in [-0.2, 0) is 17.8 Å². The van der Waals surface area contributed by atoms with Crippen LogP contribution in [0.1, 0.15) is 24.5 Å². The van der Waals surface area contributed by atoms with E-state index in [9.17, 15) is 4.79 Å². The number of hydrogen-bond donors (Lipinski definition) is 0. The zero-order valence-corrected chi connectivity index (χ0v) is 19.9. The van der Waals surface area contributed by atoms with Gasteiger partial charge in [-0.3, -0.25) is 9.69 Å². The fourth-order valence-corrected chi connectivity index (χ4v) is 4.45. The van der Waals surface area contributed by atoms with Gasteiger partial charge in [0.25, 0.3) is 5.91 Å². The highest BCUT2D eigenvalue weighted by molar-refractivity contribution is 7.22. The molecule has 0 bridgehead atoms. The number of carbonyl (C=O) groups excluding carboxylic acids is 1.